The number of hydrogen-bond acceptors (Lipinski definition) is 4. The summed E-state index contributed by atoms with van der Waals surface area (Å²) in [6.07, 6.45) is 12.7. The molecule has 0 radical (unpaired) electrons. The zero-order valence-corrected chi connectivity index (χ0v) is 24.8. The van der Waals surface area contributed by atoms with Crippen molar-refractivity contribution < 1.29 is 24.2 Å². The van der Waals surface area contributed by atoms with Gasteiger partial charge in [0.1, 0.15) is 23.5 Å². The molecule has 1 heterocycles. The van der Waals surface area contributed by atoms with Crippen molar-refractivity contribution in [1.82, 2.24) is 0 Å². The highest BCUT2D eigenvalue weighted by molar-refractivity contribution is 5.91. The highest BCUT2D eigenvalue weighted by atomic mass is 16.5. The second-order valence-corrected chi connectivity index (χ2v) is 12.5. The summed E-state index contributed by atoms with van der Waals surface area (Å²) < 4.78 is 12.1. The summed E-state index contributed by atoms with van der Waals surface area (Å²) in [5.41, 5.74) is 3.58. The van der Waals surface area contributed by atoms with Gasteiger partial charge in [0.2, 0.25) is 0 Å². The van der Waals surface area contributed by atoms with Gasteiger partial charge in [0.05, 0.1) is 0 Å². The van der Waals surface area contributed by atoms with E-state index in [1.54, 1.807) is 0 Å². The Hall–Kier alpha value is -2.04. The first-order chi connectivity index (χ1) is 17.3. The summed E-state index contributed by atoms with van der Waals surface area (Å²) in [4.78, 5) is 22.9. The summed E-state index contributed by atoms with van der Waals surface area (Å²) in [5.74, 6) is 1.89. The van der Waals surface area contributed by atoms with Crippen LogP contribution in [0.5, 0.6) is 11.5 Å². The average Bonchev–Trinajstić information content (AvgIpc) is 2.79. The van der Waals surface area contributed by atoms with Crippen LogP contribution in [0.2, 0.25) is 0 Å². The molecule has 0 saturated heterocycles. The standard InChI is InChI=1S/C32H52O5/c1-21(2)12-9-13-22(3)14-10-15-23(4)16-11-18-32(8)19-17-27-26(7)30(36-29(35)20-28(33)34)24(5)25(6)31(27)37-32/h21-23H,9-20H2,1-8H3,(H,33,34)/t22-,23-,32-/m1/s1. The number of carbonyl (C=O) groups excluding carboxylic acids is 1. The van der Waals surface area contributed by atoms with E-state index in [0.29, 0.717) is 5.75 Å². The van der Waals surface area contributed by atoms with Crippen molar-refractivity contribution in [2.24, 2.45) is 17.8 Å². The van der Waals surface area contributed by atoms with Gasteiger partial charge in [-0.3, -0.25) is 9.59 Å². The molecule has 0 saturated carbocycles. The summed E-state index contributed by atoms with van der Waals surface area (Å²) in [6.45, 7) is 17.5. The number of aliphatic carboxylic acids is 1. The Balaban J connectivity index is 1.87. The molecular formula is C32H52O5. The van der Waals surface area contributed by atoms with E-state index in [9.17, 15) is 9.59 Å². The Morgan fingerprint density at radius 1 is 0.892 bits per heavy atom. The maximum absolute atomic E-state index is 12.0. The normalized spacial score (nSPS) is 18.7. The molecule has 210 valence electrons. The molecule has 1 aromatic carbocycles. The molecule has 1 aliphatic rings. The lowest BCUT2D eigenvalue weighted by atomic mass is 9.83. The molecule has 5 nitrogen and oxygen atoms in total. The van der Waals surface area contributed by atoms with Gasteiger partial charge in [-0.2, -0.15) is 0 Å². The van der Waals surface area contributed by atoms with Crippen LogP contribution in [0.15, 0.2) is 0 Å². The number of fused-ring (bicyclic) bond motifs is 1. The van der Waals surface area contributed by atoms with E-state index in [2.05, 4.69) is 34.6 Å². The van der Waals surface area contributed by atoms with Crippen molar-refractivity contribution in [3.63, 3.8) is 0 Å². The van der Waals surface area contributed by atoms with Gasteiger partial charge in [0, 0.05) is 5.56 Å². The fourth-order valence-electron chi connectivity index (χ4n) is 5.69. The molecule has 0 aromatic heterocycles. The SMILES string of the molecule is Cc1c(C)c2c(c(C)c1OC(=O)CC(=O)O)CC[C@@](C)(CCC[C@H](C)CCC[C@H](C)CCCC(C)C)O2. The largest absolute Gasteiger partial charge is 0.487 e. The zero-order chi connectivity index (χ0) is 27.8. The van der Waals surface area contributed by atoms with Crippen LogP contribution in [0.3, 0.4) is 0 Å². The van der Waals surface area contributed by atoms with Crippen LogP contribution in [0.25, 0.3) is 0 Å². The third kappa shape index (κ3) is 9.65. The monoisotopic (exact) mass is 516 g/mol. The van der Waals surface area contributed by atoms with E-state index < -0.39 is 18.4 Å². The number of ether oxygens (including phenoxy) is 2. The van der Waals surface area contributed by atoms with E-state index >= 15 is 0 Å². The first-order valence-corrected chi connectivity index (χ1v) is 14.6. The van der Waals surface area contributed by atoms with Gasteiger partial charge >= 0.3 is 11.9 Å². The van der Waals surface area contributed by atoms with Gasteiger partial charge in [-0.15, -0.1) is 0 Å². The molecular weight excluding hydrogens is 464 g/mol. The van der Waals surface area contributed by atoms with Crippen molar-refractivity contribution in [1.29, 1.82) is 0 Å². The van der Waals surface area contributed by atoms with Crippen molar-refractivity contribution in [3.05, 3.63) is 22.3 Å². The molecule has 2 rings (SSSR count). The van der Waals surface area contributed by atoms with Crippen LogP contribution in [0.1, 0.15) is 128 Å². The highest BCUT2D eigenvalue weighted by Gasteiger charge is 2.35. The van der Waals surface area contributed by atoms with Crippen molar-refractivity contribution >= 4 is 11.9 Å². The van der Waals surface area contributed by atoms with Crippen molar-refractivity contribution in [2.75, 3.05) is 0 Å². The number of rotatable bonds is 15. The minimum absolute atomic E-state index is 0.192. The van der Waals surface area contributed by atoms with E-state index in [-0.39, 0.29) is 5.60 Å². The fraction of sp³-hybridized carbons (Fsp3) is 0.750. The lowest BCUT2D eigenvalue weighted by molar-refractivity contribution is -0.145. The fourth-order valence-corrected chi connectivity index (χ4v) is 5.69. The van der Waals surface area contributed by atoms with Crippen LogP contribution < -0.4 is 9.47 Å². The van der Waals surface area contributed by atoms with Gasteiger partial charge in [0.25, 0.3) is 0 Å². The van der Waals surface area contributed by atoms with Gasteiger partial charge in [-0.1, -0.05) is 72.6 Å². The molecule has 0 bridgehead atoms. The first-order valence-electron chi connectivity index (χ1n) is 14.6. The van der Waals surface area contributed by atoms with Crippen LogP contribution in [0.4, 0.5) is 0 Å². The Morgan fingerprint density at radius 2 is 1.46 bits per heavy atom. The van der Waals surface area contributed by atoms with Crippen molar-refractivity contribution in [2.45, 2.75) is 138 Å². The summed E-state index contributed by atoms with van der Waals surface area (Å²) in [7, 11) is 0. The Kier molecular flexibility index (Phi) is 12.0. The van der Waals surface area contributed by atoms with E-state index in [1.807, 2.05) is 20.8 Å². The van der Waals surface area contributed by atoms with Gasteiger partial charge in [-0.05, 0) is 87.8 Å². The van der Waals surface area contributed by atoms with E-state index in [1.165, 1.54) is 51.4 Å². The number of carboxylic acid groups (broad SMARTS) is 1. The number of hydrogen-bond donors (Lipinski definition) is 1. The van der Waals surface area contributed by atoms with E-state index in [4.69, 9.17) is 14.6 Å². The predicted octanol–water partition coefficient (Wildman–Crippen LogP) is 8.51. The molecule has 1 aromatic rings. The maximum Gasteiger partial charge on any atom is 0.322 e. The maximum atomic E-state index is 12.0. The first kappa shape index (κ1) is 31.2. The minimum Gasteiger partial charge on any atom is -0.487 e. The number of carboxylic acids is 1. The highest BCUT2D eigenvalue weighted by Crippen LogP contribution is 2.45. The minimum atomic E-state index is -1.19. The molecule has 1 N–H and O–H groups in total. The summed E-state index contributed by atoms with van der Waals surface area (Å²) >= 11 is 0. The third-order valence-electron chi connectivity index (χ3n) is 8.35. The molecule has 0 amide bonds. The second-order valence-electron chi connectivity index (χ2n) is 12.5. The molecule has 5 heteroatoms. The molecule has 0 fully saturated rings. The molecule has 0 unspecified atom stereocenters. The lowest BCUT2D eigenvalue weighted by Crippen LogP contribution is -2.37. The van der Waals surface area contributed by atoms with Crippen LogP contribution in [-0.2, 0) is 16.0 Å². The molecule has 3 atom stereocenters. The summed E-state index contributed by atoms with van der Waals surface area (Å²) in [6, 6.07) is 0. The molecule has 1 aliphatic heterocycles. The molecule has 37 heavy (non-hydrogen) atoms. The zero-order valence-electron chi connectivity index (χ0n) is 24.8. The quantitative estimate of drug-likeness (QED) is 0.144. The molecule has 0 spiro atoms. The number of esters is 1. The lowest BCUT2D eigenvalue weighted by Gasteiger charge is -2.38. The second kappa shape index (κ2) is 14.2. The smallest absolute Gasteiger partial charge is 0.322 e. The topological polar surface area (TPSA) is 72.8 Å². The third-order valence-corrected chi connectivity index (χ3v) is 8.35. The average molecular weight is 517 g/mol. The van der Waals surface area contributed by atoms with Gasteiger partial charge < -0.3 is 14.6 Å². The summed E-state index contributed by atoms with van der Waals surface area (Å²) in [5, 5.41) is 8.90. The molecule has 0 aliphatic carbocycles. The van der Waals surface area contributed by atoms with E-state index in [0.717, 1.165) is 65.0 Å². The van der Waals surface area contributed by atoms with Crippen LogP contribution in [-0.4, -0.2) is 22.6 Å². The van der Waals surface area contributed by atoms with Crippen LogP contribution in [0, 0.1) is 38.5 Å². The Bertz CT molecular complexity index is 918. The Morgan fingerprint density at radius 3 is 2.03 bits per heavy atom. The van der Waals surface area contributed by atoms with Gasteiger partial charge in [0.15, 0.2) is 0 Å². The number of carbonyl (C=O) groups is 2. The Labute approximate surface area is 225 Å². The predicted molar refractivity (Wildman–Crippen MR) is 151 cm³/mol. The number of benzene rings is 1. The van der Waals surface area contributed by atoms with Crippen molar-refractivity contribution in [3.8, 4) is 11.5 Å². The van der Waals surface area contributed by atoms with Crippen LogP contribution >= 0.6 is 0 Å². The van der Waals surface area contributed by atoms with Gasteiger partial charge in [-0.25, -0.2) is 0 Å².